The number of hydrogen-bond acceptors (Lipinski definition) is 5. The molecule has 4 aliphatic rings. The molecule has 7 nitrogen and oxygen atoms in total. The first-order valence-corrected chi connectivity index (χ1v) is 16.1. The first-order chi connectivity index (χ1) is 20.5. The lowest BCUT2D eigenvalue weighted by atomic mass is 9.56. The van der Waals surface area contributed by atoms with Gasteiger partial charge in [0.05, 0.1) is 23.0 Å². The van der Waals surface area contributed by atoms with E-state index < -0.39 is 51.1 Å². The minimum absolute atomic E-state index is 0.117. The van der Waals surface area contributed by atoms with E-state index in [-0.39, 0.29) is 30.0 Å². The number of carbonyl (C=O) groups excluding carboxylic acids is 4. The number of carbonyl (C=O) groups is 4. The van der Waals surface area contributed by atoms with Crippen LogP contribution in [0.4, 0.5) is 5.69 Å². The number of alkyl halides is 3. The van der Waals surface area contributed by atoms with Crippen molar-refractivity contribution in [3.63, 3.8) is 0 Å². The van der Waals surface area contributed by atoms with Crippen LogP contribution in [0.3, 0.4) is 0 Å². The molecule has 4 amide bonds. The van der Waals surface area contributed by atoms with Crippen LogP contribution < -0.4 is 4.90 Å². The second-order valence-electron chi connectivity index (χ2n) is 11.7. The molecule has 0 unspecified atom stereocenters. The summed E-state index contributed by atoms with van der Waals surface area (Å²) >= 11 is 24.3. The number of allylic oxidation sites excluding steroid dienone is 2. The highest BCUT2D eigenvalue weighted by molar-refractivity contribution is 9.09. The van der Waals surface area contributed by atoms with Gasteiger partial charge in [-0.15, -0.1) is 23.2 Å². The Bertz CT molecular complexity index is 1830. The van der Waals surface area contributed by atoms with Crippen molar-refractivity contribution in [2.75, 3.05) is 10.4 Å². The molecule has 3 aromatic carbocycles. The Morgan fingerprint density at radius 3 is 2.44 bits per heavy atom. The number of fused-ring (bicyclic) bond motifs is 5. The average molecular weight is 703 g/mol. The molecule has 2 heterocycles. The summed E-state index contributed by atoms with van der Waals surface area (Å²) in [5.41, 5.74) is 2.01. The van der Waals surface area contributed by atoms with Gasteiger partial charge in [-0.25, -0.2) is 4.90 Å². The molecular formula is C32H24BrCl3N2O5. The zero-order valence-electron chi connectivity index (χ0n) is 22.7. The summed E-state index contributed by atoms with van der Waals surface area (Å²) in [6.07, 6.45) is 1.93. The fourth-order valence-electron chi connectivity index (χ4n) is 7.63. The molecule has 2 aliphatic heterocycles. The first kappa shape index (κ1) is 28.8. The van der Waals surface area contributed by atoms with Gasteiger partial charge in [-0.2, -0.15) is 0 Å². The van der Waals surface area contributed by atoms with Crippen molar-refractivity contribution >= 4 is 90.8 Å². The summed E-state index contributed by atoms with van der Waals surface area (Å²) in [5, 5.41) is 13.2. The van der Waals surface area contributed by atoms with Crippen molar-refractivity contribution in [3.8, 4) is 5.75 Å². The Kier molecular flexibility index (Phi) is 6.57. The SMILES string of the molecule is Cc1ccc(N2C(=O)[C@H]3[C@H](CC=C4[C@H]3C[C@@]3(Cl)C(=O)N(CBr)C(=O)[C@@]3(Cl)[C@H]4c3c(O)ccc4ccccc34)C2=O)cc1Cl. The van der Waals surface area contributed by atoms with Crippen LogP contribution in [0.5, 0.6) is 5.75 Å². The number of imide groups is 2. The molecule has 7 rings (SSSR count). The molecule has 0 spiro atoms. The second-order valence-corrected chi connectivity index (χ2v) is 13.8. The highest BCUT2D eigenvalue weighted by atomic mass is 79.9. The summed E-state index contributed by atoms with van der Waals surface area (Å²) in [6, 6.07) is 15.6. The molecule has 0 bridgehead atoms. The predicted molar refractivity (Wildman–Crippen MR) is 168 cm³/mol. The molecule has 0 aromatic heterocycles. The van der Waals surface area contributed by atoms with Gasteiger partial charge < -0.3 is 5.11 Å². The molecule has 2 aliphatic carbocycles. The van der Waals surface area contributed by atoms with Gasteiger partial charge >= 0.3 is 0 Å². The number of phenols is 1. The second kappa shape index (κ2) is 9.80. The van der Waals surface area contributed by atoms with Gasteiger partial charge in [-0.1, -0.05) is 75.6 Å². The Morgan fingerprint density at radius 1 is 0.977 bits per heavy atom. The number of aryl methyl sites for hydroxylation is 1. The van der Waals surface area contributed by atoms with E-state index in [1.165, 1.54) is 6.07 Å². The maximum Gasteiger partial charge on any atom is 0.254 e. The van der Waals surface area contributed by atoms with E-state index >= 15 is 0 Å². The number of amides is 4. The number of hydrogen-bond donors (Lipinski definition) is 1. The molecule has 3 fully saturated rings. The van der Waals surface area contributed by atoms with E-state index in [1.807, 2.05) is 37.3 Å². The number of rotatable bonds is 3. The summed E-state index contributed by atoms with van der Waals surface area (Å²) in [6.45, 7) is 1.83. The fourth-order valence-corrected chi connectivity index (χ4v) is 9.22. The van der Waals surface area contributed by atoms with E-state index in [0.29, 0.717) is 27.2 Å². The summed E-state index contributed by atoms with van der Waals surface area (Å²) in [7, 11) is 0. The van der Waals surface area contributed by atoms with Crippen LogP contribution in [0.1, 0.15) is 29.9 Å². The van der Waals surface area contributed by atoms with Crippen LogP contribution in [0, 0.1) is 24.7 Å². The van der Waals surface area contributed by atoms with Gasteiger partial charge in [-0.05, 0) is 60.2 Å². The predicted octanol–water partition coefficient (Wildman–Crippen LogP) is 6.42. The van der Waals surface area contributed by atoms with Crippen molar-refractivity contribution in [2.45, 2.75) is 35.4 Å². The van der Waals surface area contributed by atoms with Crippen molar-refractivity contribution in [1.82, 2.24) is 4.90 Å². The van der Waals surface area contributed by atoms with E-state index in [0.717, 1.165) is 20.7 Å². The van der Waals surface area contributed by atoms with Crippen LogP contribution in [-0.4, -0.2) is 48.8 Å². The third-order valence-electron chi connectivity index (χ3n) is 9.66. The molecule has 6 atom stereocenters. The molecule has 43 heavy (non-hydrogen) atoms. The standard InChI is InChI=1S/C32H24BrCl3N2O5/c1-15-6-8-17(12-22(15)34)38-27(40)20-10-9-19-21(24(20)28(38)41)13-31(35)29(42)37(14-33)30(43)32(31,36)26(19)25-18-5-3-2-4-16(18)7-11-23(25)39/h2-9,11-12,20-21,24,26,39H,10,13-14H2,1H3/t20-,21+,24-,26+,31+,32-/m0/s1. The largest absolute Gasteiger partial charge is 0.508 e. The normalized spacial score (nSPS) is 31.8. The van der Waals surface area contributed by atoms with E-state index in [1.54, 1.807) is 24.3 Å². The zero-order chi connectivity index (χ0) is 30.6. The topological polar surface area (TPSA) is 95.0 Å². The molecule has 1 N–H and O–H groups in total. The molecule has 0 radical (unpaired) electrons. The van der Waals surface area contributed by atoms with Crippen LogP contribution in [-0.2, 0) is 19.2 Å². The molecule has 11 heteroatoms. The maximum atomic E-state index is 14.2. The fraction of sp³-hybridized carbons (Fsp3) is 0.312. The number of anilines is 1. The molecule has 3 aromatic rings. The Labute approximate surface area is 270 Å². The highest BCUT2D eigenvalue weighted by Crippen LogP contribution is 2.66. The average Bonchev–Trinajstić information content (AvgIpc) is 3.32. The summed E-state index contributed by atoms with van der Waals surface area (Å²) < 4.78 is 0. The smallest absolute Gasteiger partial charge is 0.254 e. The lowest BCUT2D eigenvalue weighted by Crippen LogP contribution is -2.60. The Balaban J connectivity index is 1.45. The first-order valence-electron chi connectivity index (χ1n) is 13.8. The molecule has 1 saturated carbocycles. The quantitative estimate of drug-likeness (QED) is 0.147. The maximum absolute atomic E-state index is 14.2. The van der Waals surface area contributed by atoms with Gasteiger partial charge in [0.25, 0.3) is 11.8 Å². The molecule has 2 saturated heterocycles. The number of halogens is 4. The van der Waals surface area contributed by atoms with Crippen molar-refractivity contribution in [1.29, 1.82) is 0 Å². The number of aromatic hydroxyl groups is 1. The van der Waals surface area contributed by atoms with Crippen LogP contribution in [0.2, 0.25) is 5.02 Å². The zero-order valence-corrected chi connectivity index (χ0v) is 26.5. The lowest BCUT2D eigenvalue weighted by molar-refractivity contribution is -0.138. The van der Waals surface area contributed by atoms with Gasteiger partial charge in [-0.3, -0.25) is 24.1 Å². The van der Waals surface area contributed by atoms with Crippen molar-refractivity contribution in [2.24, 2.45) is 17.8 Å². The van der Waals surface area contributed by atoms with Gasteiger partial charge in [0.1, 0.15) is 5.75 Å². The monoisotopic (exact) mass is 700 g/mol. The molecule has 220 valence electrons. The molecular weight excluding hydrogens is 679 g/mol. The summed E-state index contributed by atoms with van der Waals surface area (Å²) in [5.74, 6) is -5.61. The minimum atomic E-state index is -2.01. The number of likely N-dealkylation sites (tertiary alicyclic amines) is 1. The van der Waals surface area contributed by atoms with Gasteiger partial charge in [0.15, 0.2) is 9.75 Å². The number of benzene rings is 3. The minimum Gasteiger partial charge on any atom is -0.508 e. The van der Waals surface area contributed by atoms with Crippen LogP contribution in [0.15, 0.2) is 66.2 Å². The van der Waals surface area contributed by atoms with Crippen molar-refractivity contribution in [3.05, 3.63) is 82.4 Å². The Morgan fingerprint density at radius 2 is 1.72 bits per heavy atom. The third-order valence-corrected chi connectivity index (χ3v) is 12.0. The van der Waals surface area contributed by atoms with Crippen molar-refractivity contribution < 1.29 is 24.3 Å². The number of nitrogens with zero attached hydrogens (tertiary/aromatic N) is 2. The van der Waals surface area contributed by atoms with E-state index in [4.69, 9.17) is 34.8 Å². The lowest BCUT2D eigenvalue weighted by Gasteiger charge is -2.51. The van der Waals surface area contributed by atoms with Gasteiger partial charge in [0.2, 0.25) is 11.8 Å². The highest BCUT2D eigenvalue weighted by Gasteiger charge is 2.76. The van der Waals surface area contributed by atoms with Crippen LogP contribution in [0.25, 0.3) is 10.8 Å². The van der Waals surface area contributed by atoms with E-state index in [2.05, 4.69) is 15.9 Å². The number of phenolic OH excluding ortho intramolecular Hbond substituents is 1. The van der Waals surface area contributed by atoms with Gasteiger partial charge in [0, 0.05) is 16.5 Å². The Hall–Kier alpha value is -2.91. The van der Waals surface area contributed by atoms with Crippen LogP contribution >= 0.6 is 50.7 Å². The third kappa shape index (κ3) is 3.67. The summed E-state index contributed by atoms with van der Waals surface area (Å²) in [4.78, 5) is 54.1. The van der Waals surface area contributed by atoms with E-state index in [9.17, 15) is 24.3 Å².